The molecule has 1 fully saturated rings. The highest BCUT2D eigenvalue weighted by Crippen LogP contribution is 2.48. The van der Waals surface area contributed by atoms with Crippen LogP contribution in [0.5, 0.6) is 0 Å². The third-order valence-electron chi connectivity index (χ3n) is 6.05. The molecule has 4 rings (SSSR count). The number of hydrogen-bond donors (Lipinski definition) is 1. The van der Waals surface area contributed by atoms with Gasteiger partial charge in [0.05, 0.1) is 9.79 Å². The van der Waals surface area contributed by atoms with Gasteiger partial charge in [0.1, 0.15) is 0 Å². The molecule has 1 N–H and O–H groups in total. The monoisotopic (exact) mass is 370 g/mol. The molecule has 0 aliphatic carbocycles. The Kier molecular flexibility index (Phi) is 4.32. The summed E-state index contributed by atoms with van der Waals surface area (Å²) in [6.45, 7) is 6.52. The molecule has 5 heteroatoms. The van der Waals surface area contributed by atoms with Gasteiger partial charge in [0.2, 0.25) is 9.84 Å². The summed E-state index contributed by atoms with van der Waals surface area (Å²) >= 11 is 0. The zero-order valence-electron chi connectivity index (χ0n) is 15.5. The van der Waals surface area contributed by atoms with Crippen LogP contribution in [0.25, 0.3) is 0 Å². The van der Waals surface area contributed by atoms with Crippen molar-refractivity contribution < 1.29 is 8.42 Å². The van der Waals surface area contributed by atoms with Crippen LogP contribution in [0, 0.1) is 11.8 Å². The average molecular weight is 371 g/mol. The van der Waals surface area contributed by atoms with E-state index in [9.17, 15) is 8.42 Å². The predicted octanol–water partition coefficient (Wildman–Crippen LogP) is 3.30. The van der Waals surface area contributed by atoms with E-state index in [0.29, 0.717) is 33.6 Å². The van der Waals surface area contributed by atoms with Crippen molar-refractivity contribution in [3.05, 3.63) is 54.1 Å². The SMILES string of the molecule is CC1CNCC(C)[C@@H]2c3cc(S(=O)(=O)c4ccccc4)ccc3N(C)C12. The van der Waals surface area contributed by atoms with Crippen molar-refractivity contribution in [3.8, 4) is 0 Å². The summed E-state index contributed by atoms with van der Waals surface area (Å²) in [5.74, 6) is 1.32. The van der Waals surface area contributed by atoms with Crippen LogP contribution >= 0.6 is 0 Å². The van der Waals surface area contributed by atoms with Gasteiger partial charge < -0.3 is 10.2 Å². The number of fused-ring (bicyclic) bond motifs is 3. The average Bonchev–Trinajstić information content (AvgIpc) is 2.85. The van der Waals surface area contributed by atoms with E-state index in [2.05, 4.69) is 31.1 Å². The second kappa shape index (κ2) is 6.39. The first-order chi connectivity index (χ1) is 12.4. The van der Waals surface area contributed by atoms with Gasteiger partial charge in [0.25, 0.3) is 0 Å². The second-order valence-electron chi connectivity index (χ2n) is 7.78. The van der Waals surface area contributed by atoms with Crippen LogP contribution in [0.2, 0.25) is 0 Å². The highest BCUT2D eigenvalue weighted by Gasteiger charge is 2.44. The van der Waals surface area contributed by atoms with Crippen LogP contribution in [-0.2, 0) is 9.84 Å². The van der Waals surface area contributed by atoms with E-state index in [4.69, 9.17) is 0 Å². The molecule has 0 aromatic heterocycles. The van der Waals surface area contributed by atoms with Crippen LogP contribution < -0.4 is 10.2 Å². The molecule has 2 aromatic carbocycles. The molecule has 4 atom stereocenters. The van der Waals surface area contributed by atoms with Crippen LogP contribution in [0.15, 0.2) is 58.3 Å². The van der Waals surface area contributed by atoms with Crippen LogP contribution in [0.4, 0.5) is 5.69 Å². The Bertz CT molecular complexity index is 911. The minimum atomic E-state index is -3.49. The number of sulfone groups is 1. The number of hydrogen-bond acceptors (Lipinski definition) is 4. The largest absolute Gasteiger partial charge is 0.370 e. The van der Waals surface area contributed by atoms with Gasteiger partial charge in [-0.3, -0.25) is 0 Å². The fraction of sp³-hybridized carbons (Fsp3) is 0.429. The quantitative estimate of drug-likeness (QED) is 0.881. The fourth-order valence-electron chi connectivity index (χ4n) is 4.77. The summed E-state index contributed by atoms with van der Waals surface area (Å²) in [4.78, 5) is 3.10. The number of benzene rings is 2. The summed E-state index contributed by atoms with van der Waals surface area (Å²) in [7, 11) is -1.35. The molecule has 26 heavy (non-hydrogen) atoms. The van der Waals surface area contributed by atoms with Gasteiger partial charge in [-0.15, -0.1) is 0 Å². The van der Waals surface area contributed by atoms with Gasteiger partial charge in [0.15, 0.2) is 0 Å². The van der Waals surface area contributed by atoms with Crippen molar-refractivity contribution in [2.75, 3.05) is 25.0 Å². The van der Waals surface area contributed by atoms with E-state index in [-0.39, 0.29) is 0 Å². The first-order valence-electron chi connectivity index (χ1n) is 9.29. The van der Waals surface area contributed by atoms with Crippen molar-refractivity contribution in [3.63, 3.8) is 0 Å². The van der Waals surface area contributed by atoms with E-state index >= 15 is 0 Å². The number of anilines is 1. The molecule has 0 bridgehead atoms. The maximum atomic E-state index is 13.1. The van der Waals surface area contributed by atoms with Crippen molar-refractivity contribution in [1.82, 2.24) is 5.32 Å². The van der Waals surface area contributed by atoms with Crippen molar-refractivity contribution in [1.29, 1.82) is 0 Å². The van der Waals surface area contributed by atoms with Gasteiger partial charge in [-0.1, -0.05) is 32.0 Å². The zero-order chi connectivity index (χ0) is 18.5. The molecule has 4 nitrogen and oxygen atoms in total. The summed E-state index contributed by atoms with van der Waals surface area (Å²) < 4.78 is 26.1. The smallest absolute Gasteiger partial charge is 0.206 e. The molecule has 0 saturated carbocycles. The highest BCUT2D eigenvalue weighted by atomic mass is 32.2. The summed E-state index contributed by atoms with van der Waals surface area (Å²) in [6.07, 6.45) is 0. The van der Waals surface area contributed by atoms with E-state index in [0.717, 1.165) is 13.1 Å². The number of rotatable bonds is 2. The van der Waals surface area contributed by atoms with E-state index in [1.807, 2.05) is 18.2 Å². The molecule has 2 aliphatic heterocycles. The van der Waals surface area contributed by atoms with E-state index in [1.165, 1.54) is 11.3 Å². The first-order valence-corrected chi connectivity index (χ1v) is 10.8. The third kappa shape index (κ3) is 2.65. The zero-order valence-corrected chi connectivity index (χ0v) is 16.3. The topological polar surface area (TPSA) is 49.4 Å². The van der Waals surface area contributed by atoms with Gasteiger partial charge in [0, 0.05) is 24.7 Å². The molecule has 1 saturated heterocycles. The van der Waals surface area contributed by atoms with Crippen LogP contribution in [0.1, 0.15) is 25.3 Å². The lowest BCUT2D eigenvalue weighted by atomic mass is 9.80. The van der Waals surface area contributed by atoms with Crippen LogP contribution in [-0.4, -0.2) is 34.6 Å². The Balaban J connectivity index is 1.82. The first kappa shape index (κ1) is 17.6. The maximum Gasteiger partial charge on any atom is 0.206 e. The van der Waals surface area contributed by atoms with Gasteiger partial charge in [-0.05, 0) is 60.8 Å². The Labute approximate surface area is 156 Å². The van der Waals surface area contributed by atoms with E-state index < -0.39 is 9.84 Å². The lowest BCUT2D eigenvalue weighted by molar-refractivity contribution is 0.374. The molecular formula is C21H26N2O2S. The molecule has 2 aliphatic rings. The van der Waals surface area contributed by atoms with Crippen molar-refractivity contribution in [2.45, 2.75) is 35.6 Å². The number of nitrogens with zero attached hydrogens (tertiary/aromatic N) is 1. The normalized spacial score (nSPS) is 28.3. The standard InChI is InChI=1S/C21H26N2O2S/c1-14-12-22-13-15(2)21-20(14)18-11-17(9-10-19(18)23(21)3)26(24,25)16-7-5-4-6-8-16/h4-11,14-15,20-22H,12-13H2,1-3H3/t14?,15?,20-,21?/m1/s1. The van der Waals surface area contributed by atoms with E-state index in [1.54, 1.807) is 30.3 Å². The lowest BCUT2D eigenvalue weighted by Crippen LogP contribution is -2.39. The lowest BCUT2D eigenvalue weighted by Gasteiger charge is -2.32. The summed E-state index contributed by atoms with van der Waals surface area (Å²) in [5, 5.41) is 3.55. The van der Waals surface area contributed by atoms with Crippen molar-refractivity contribution in [2.24, 2.45) is 11.8 Å². The molecule has 2 heterocycles. The Hall–Kier alpha value is -1.85. The molecule has 2 aromatic rings. The minimum Gasteiger partial charge on any atom is -0.370 e. The molecule has 0 amide bonds. The summed E-state index contributed by atoms with van der Waals surface area (Å²) in [6, 6.07) is 14.8. The van der Waals surface area contributed by atoms with Crippen LogP contribution in [0.3, 0.4) is 0 Å². The number of likely N-dealkylation sites (N-methyl/N-ethyl adjacent to an activating group) is 1. The van der Waals surface area contributed by atoms with Gasteiger partial charge >= 0.3 is 0 Å². The molecule has 0 radical (unpaired) electrons. The molecule has 3 unspecified atom stereocenters. The highest BCUT2D eigenvalue weighted by molar-refractivity contribution is 7.91. The fourth-order valence-corrected chi connectivity index (χ4v) is 6.09. The van der Waals surface area contributed by atoms with Crippen molar-refractivity contribution >= 4 is 15.5 Å². The number of nitrogens with one attached hydrogen (secondary N) is 1. The van der Waals surface area contributed by atoms with Gasteiger partial charge in [-0.2, -0.15) is 0 Å². The maximum absolute atomic E-state index is 13.1. The second-order valence-corrected chi connectivity index (χ2v) is 9.73. The predicted molar refractivity (Wildman–Crippen MR) is 104 cm³/mol. The Morgan fingerprint density at radius 1 is 0.962 bits per heavy atom. The summed E-state index contributed by atoms with van der Waals surface area (Å²) in [5.41, 5.74) is 2.35. The third-order valence-corrected chi connectivity index (χ3v) is 7.81. The van der Waals surface area contributed by atoms with Gasteiger partial charge in [-0.25, -0.2) is 8.42 Å². The Morgan fingerprint density at radius 3 is 2.38 bits per heavy atom. The molecular weight excluding hydrogens is 344 g/mol. The molecule has 138 valence electrons. The minimum absolute atomic E-state index is 0.353. The molecule has 0 spiro atoms. The Morgan fingerprint density at radius 2 is 1.65 bits per heavy atom.